The van der Waals surface area contributed by atoms with Crippen molar-refractivity contribution < 1.29 is 28.2 Å². The highest BCUT2D eigenvalue weighted by Crippen LogP contribution is 2.53. The van der Waals surface area contributed by atoms with Gasteiger partial charge in [-0.3, -0.25) is 9.78 Å². The van der Waals surface area contributed by atoms with Crippen LogP contribution >= 0.6 is 0 Å². The van der Waals surface area contributed by atoms with E-state index in [4.69, 9.17) is 9.47 Å². The van der Waals surface area contributed by atoms with Gasteiger partial charge in [-0.1, -0.05) is 13.0 Å². The van der Waals surface area contributed by atoms with E-state index in [1.165, 1.54) is 12.3 Å². The van der Waals surface area contributed by atoms with Crippen molar-refractivity contribution >= 4 is 23.7 Å². The smallest absolute Gasteiger partial charge is 0.409 e. The molecule has 1 saturated carbocycles. The number of hydrogen-bond acceptors (Lipinski definition) is 7. The molecule has 3 fully saturated rings. The minimum Gasteiger partial charge on any atom is -0.449 e. The molecule has 4 heterocycles. The van der Waals surface area contributed by atoms with Crippen LogP contribution in [0.5, 0.6) is 0 Å². The number of rotatable bonds is 5. The molecule has 1 aliphatic carbocycles. The lowest BCUT2D eigenvalue weighted by Gasteiger charge is -2.35. The fraction of sp³-hybridized carbons (Fsp3) is 0.500. The Morgan fingerprint density at radius 1 is 1.05 bits per heavy atom. The summed E-state index contributed by atoms with van der Waals surface area (Å²) >= 11 is 0. The fourth-order valence-corrected chi connectivity index (χ4v) is 6.04. The van der Waals surface area contributed by atoms with Crippen LogP contribution in [-0.2, 0) is 25.3 Å². The van der Waals surface area contributed by atoms with Crippen molar-refractivity contribution in [1.29, 1.82) is 0 Å². The molecule has 4 aliphatic rings. The number of pyridine rings is 1. The van der Waals surface area contributed by atoms with Gasteiger partial charge >= 0.3 is 12.1 Å². The molecule has 10 heteroatoms. The lowest BCUT2D eigenvalue weighted by Crippen LogP contribution is -2.49. The van der Waals surface area contributed by atoms with E-state index >= 15 is 4.39 Å². The van der Waals surface area contributed by atoms with E-state index in [0.29, 0.717) is 69.7 Å². The molecule has 1 aromatic carbocycles. The Labute approximate surface area is 220 Å². The number of halogens is 1. The van der Waals surface area contributed by atoms with Gasteiger partial charge in [0.15, 0.2) is 5.60 Å². The number of aromatic nitrogens is 1. The van der Waals surface area contributed by atoms with Gasteiger partial charge in [0.1, 0.15) is 5.82 Å². The summed E-state index contributed by atoms with van der Waals surface area (Å²) in [5, 5.41) is 0. The number of piperazine rings is 1. The highest BCUT2D eigenvalue weighted by Gasteiger charge is 2.58. The Bertz CT molecular complexity index is 1290. The molecule has 2 amide bonds. The molecule has 200 valence electrons. The topological polar surface area (TPSA) is 92.3 Å². The summed E-state index contributed by atoms with van der Waals surface area (Å²) in [6.45, 7) is 5.24. The molecule has 38 heavy (non-hydrogen) atoms. The number of ether oxygens (including phenoxy) is 2. The van der Waals surface area contributed by atoms with E-state index in [0.717, 1.165) is 17.7 Å². The van der Waals surface area contributed by atoms with E-state index in [9.17, 15) is 14.4 Å². The number of benzene rings is 1. The Morgan fingerprint density at radius 3 is 2.55 bits per heavy atom. The minimum absolute atomic E-state index is 0.112. The number of nitrogens with zero attached hydrogens (tertiary/aromatic N) is 4. The van der Waals surface area contributed by atoms with Crippen LogP contribution in [0.1, 0.15) is 54.1 Å². The van der Waals surface area contributed by atoms with Crippen molar-refractivity contribution in [2.24, 2.45) is 0 Å². The predicted octanol–water partition coefficient (Wildman–Crippen LogP) is 3.22. The first-order valence-electron chi connectivity index (χ1n) is 13.3. The van der Waals surface area contributed by atoms with Crippen LogP contribution in [0.15, 0.2) is 36.7 Å². The minimum atomic E-state index is -0.875. The van der Waals surface area contributed by atoms with Crippen molar-refractivity contribution in [3.05, 3.63) is 59.2 Å². The second-order valence-corrected chi connectivity index (χ2v) is 10.6. The third-order valence-corrected chi connectivity index (χ3v) is 8.30. The fourth-order valence-electron chi connectivity index (χ4n) is 6.04. The summed E-state index contributed by atoms with van der Waals surface area (Å²) in [5.74, 6) is -0.918. The van der Waals surface area contributed by atoms with Gasteiger partial charge < -0.3 is 24.2 Å². The SMILES string of the molecule is CCCOC(=O)N1CCN(c2ccc(C3(C(=O)N4CCC5(C4)OC(=O)c4cnccc45)CC3)c(F)c2)CC1. The number of hydrogen-bond donors (Lipinski definition) is 0. The van der Waals surface area contributed by atoms with E-state index in [1.807, 2.05) is 17.9 Å². The number of anilines is 1. The Morgan fingerprint density at radius 2 is 1.84 bits per heavy atom. The monoisotopic (exact) mass is 522 g/mol. The number of fused-ring (bicyclic) bond motifs is 2. The third kappa shape index (κ3) is 3.97. The molecule has 6 rings (SSSR count). The van der Waals surface area contributed by atoms with Crippen molar-refractivity contribution in [2.75, 3.05) is 50.8 Å². The standard InChI is InChI=1S/C28H31FN4O5/c1-2-15-37-26(36)32-13-11-31(12-14-32)19-3-4-22(23(29)16-19)27(6-7-27)25(35)33-10-8-28(18-33)21-5-9-30-17-20(21)24(34)38-28/h3-5,9,16-17H,2,6-8,10-15,18H2,1H3. The molecular weight excluding hydrogens is 491 g/mol. The summed E-state index contributed by atoms with van der Waals surface area (Å²) in [4.78, 5) is 47.7. The van der Waals surface area contributed by atoms with Gasteiger partial charge in [-0.05, 0) is 37.5 Å². The van der Waals surface area contributed by atoms with Crippen molar-refractivity contribution in [3.8, 4) is 0 Å². The quantitative estimate of drug-likeness (QED) is 0.557. The van der Waals surface area contributed by atoms with Crippen molar-refractivity contribution in [2.45, 2.75) is 43.6 Å². The maximum absolute atomic E-state index is 15.5. The largest absolute Gasteiger partial charge is 0.449 e. The van der Waals surface area contributed by atoms with Gasteiger partial charge in [0.05, 0.1) is 24.1 Å². The summed E-state index contributed by atoms with van der Waals surface area (Å²) in [6, 6.07) is 6.89. The molecule has 2 aromatic rings. The predicted molar refractivity (Wildman–Crippen MR) is 135 cm³/mol. The van der Waals surface area contributed by atoms with Gasteiger partial charge in [0, 0.05) is 68.4 Å². The van der Waals surface area contributed by atoms with Gasteiger partial charge in [0.2, 0.25) is 5.91 Å². The number of likely N-dealkylation sites (tertiary alicyclic amines) is 1. The molecule has 1 spiro atoms. The first-order chi connectivity index (χ1) is 18.4. The van der Waals surface area contributed by atoms with Gasteiger partial charge in [-0.25, -0.2) is 14.0 Å². The zero-order valence-electron chi connectivity index (χ0n) is 21.5. The van der Waals surface area contributed by atoms with E-state index < -0.39 is 22.8 Å². The van der Waals surface area contributed by atoms with Crippen LogP contribution in [0, 0.1) is 5.82 Å². The Kier molecular flexibility index (Phi) is 6.00. The molecule has 0 bridgehead atoms. The summed E-state index contributed by atoms with van der Waals surface area (Å²) in [5.41, 5.74) is 0.644. The lowest BCUT2D eigenvalue weighted by atomic mass is 9.92. The van der Waals surface area contributed by atoms with Crippen LogP contribution in [0.3, 0.4) is 0 Å². The normalized spacial score (nSPS) is 23.4. The van der Waals surface area contributed by atoms with Crippen molar-refractivity contribution in [3.63, 3.8) is 0 Å². The molecule has 3 aliphatic heterocycles. The molecule has 1 unspecified atom stereocenters. The van der Waals surface area contributed by atoms with Crippen LogP contribution in [0.25, 0.3) is 0 Å². The molecule has 1 atom stereocenters. The van der Waals surface area contributed by atoms with Crippen LogP contribution in [0.2, 0.25) is 0 Å². The molecule has 1 aromatic heterocycles. The average molecular weight is 523 g/mol. The van der Waals surface area contributed by atoms with E-state index in [-0.39, 0.29) is 18.5 Å². The highest BCUT2D eigenvalue weighted by molar-refractivity contribution is 5.95. The number of amides is 2. The first kappa shape index (κ1) is 24.6. The van der Waals surface area contributed by atoms with Crippen LogP contribution in [0.4, 0.5) is 14.9 Å². The highest BCUT2D eigenvalue weighted by atomic mass is 19.1. The van der Waals surface area contributed by atoms with Crippen LogP contribution < -0.4 is 4.90 Å². The maximum atomic E-state index is 15.5. The Balaban J connectivity index is 1.14. The number of carbonyl (C=O) groups excluding carboxylic acids is 3. The molecule has 9 nitrogen and oxygen atoms in total. The number of carbonyl (C=O) groups is 3. The van der Waals surface area contributed by atoms with Gasteiger partial charge in [-0.15, -0.1) is 0 Å². The maximum Gasteiger partial charge on any atom is 0.409 e. The molecule has 0 radical (unpaired) electrons. The summed E-state index contributed by atoms with van der Waals surface area (Å²) < 4.78 is 26.5. The zero-order chi connectivity index (χ0) is 26.5. The van der Waals surface area contributed by atoms with Gasteiger partial charge in [0.25, 0.3) is 0 Å². The third-order valence-electron chi connectivity index (χ3n) is 8.30. The lowest BCUT2D eigenvalue weighted by molar-refractivity contribution is -0.134. The molecular formula is C28H31FN4O5. The zero-order valence-corrected chi connectivity index (χ0v) is 21.5. The second-order valence-electron chi connectivity index (χ2n) is 10.6. The first-order valence-corrected chi connectivity index (χ1v) is 13.3. The van der Waals surface area contributed by atoms with Crippen LogP contribution in [-0.4, -0.2) is 78.6 Å². The molecule has 2 saturated heterocycles. The van der Waals surface area contributed by atoms with E-state index in [1.54, 1.807) is 28.1 Å². The number of esters is 1. The summed E-state index contributed by atoms with van der Waals surface area (Å²) in [7, 11) is 0. The van der Waals surface area contributed by atoms with E-state index in [2.05, 4.69) is 4.98 Å². The second kappa shape index (κ2) is 9.25. The van der Waals surface area contributed by atoms with Crippen molar-refractivity contribution in [1.82, 2.24) is 14.8 Å². The summed E-state index contributed by atoms with van der Waals surface area (Å²) in [6.07, 6.45) is 5.29. The average Bonchev–Trinajstić information content (AvgIpc) is 3.56. The Hall–Kier alpha value is -3.69. The van der Waals surface area contributed by atoms with Gasteiger partial charge in [-0.2, -0.15) is 0 Å². The molecule has 0 N–H and O–H groups in total.